The fourth-order valence-corrected chi connectivity index (χ4v) is 3.12. The Morgan fingerprint density at radius 3 is 2.71 bits per heavy atom. The SMILES string of the molecule is COc1ccc(CC2(CNC3CC3)CCOCC2)cc1F. The topological polar surface area (TPSA) is 30.5 Å². The molecule has 1 heterocycles. The smallest absolute Gasteiger partial charge is 0.165 e. The highest BCUT2D eigenvalue weighted by molar-refractivity contribution is 5.30. The first-order valence-electron chi connectivity index (χ1n) is 7.84. The number of hydrogen-bond acceptors (Lipinski definition) is 3. The fourth-order valence-electron chi connectivity index (χ4n) is 3.12. The van der Waals surface area contributed by atoms with Gasteiger partial charge in [0.05, 0.1) is 7.11 Å². The van der Waals surface area contributed by atoms with Crippen LogP contribution in [0.5, 0.6) is 5.75 Å². The molecule has 0 amide bonds. The van der Waals surface area contributed by atoms with E-state index in [1.165, 1.54) is 20.0 Å². The quantitative estimate of drug-likeness (QED) is 0.875. The first kappa shape index (κ1) is 14.8. The minimum Gasteiger partial charge on any atom is -0.494 e. The lowest BCUT2D eigenvalue weighted by Crippen LogP contribution is -2.41. The molecule has 21 heavy (non-hydrogen) atoms. The van der Waals surface area contributed by atoms with Crippen LogP contribution in [-0.4, -0.2) is 32.9 Å². The van der Waals surface area contributed by atoms with E-state index in [1.807, 2.05) is 6.07 Å². The normalized spacial score (nSPS) is 21.2. The van der Waals surface area contributed by atoms with Gasteiger partial charge in [0, 0.05) is 25.8 Å². The van der Waals surface area contributed by atoms with E-state index in [2.05, 4.69) is 5.32 Å². The number of benzene rings is 1. The number of methoxy groups -OCH3 is 1. The van der Waals surface area contributed by atoms with Crippen molar-refractivity contribution >= 4 is 0 Å². The van der Waals surface area contributed by atoms with E-state index in [1.54, 1.807) is 12.1 Å². The third-order valence-corrected chi connectivity index (χ3v) is 4.69. The van der Waals surface area contributed by atoms with Crippen LogP contribution in [0.1, 0.15) is 31.2 Å². The van der Waals surface area contributed by atoms with Crippen LogP contribution in [0.2, 0.25) is 0 Å². The predicted molar refractivity (Wildman–Crippen MR) is 80.2 cm³/mol. The monoisotopic (exact) mass is 293 g/mol. The molecular formula is C17H24FNO2. The van der Waals surface area contributed by atoms with Gasteiger partial charge in [-0.25, -0.2) is 4.39 Å². The van der Waals surface area contributed by atoms with Crippen molar-refractivity contribution in [2.24, 2.45) is 5.41 Å². The summed E-state index contributed by atoms with van der Waals surface area (Å²) in [5, 5.41) is 3.65. The van der Waals surface area contributed by atoms with E-state index >= 15 is 0 Å². The van der Waals surface area contributed by atoms with Gasteiger partial charge in [-0.2, -0.15) is 0 Å². The summed E-state index contributed by atoms with van der Waals surface area (Å²) in [4.78, 5) is 0. The van der Waals surface area contributed by atoms with Gasteiger partial charge in [-0.05, 0) is 55.2 Å². The Hall–Kier alpha value is -1.13. The summed E-state index contributed by atoms with van der Waals surface area (Å²) in [5.74, 6) is 0.0447. The molecule has 1 aliphatic heterocycles. The zero-order chi connectivity index (χ0) is 14.7. The maximum absolute atomic E-state index is 13.9. The van der Waals surface area contributed by atoms with Crippen molar-refractivity contribution in [2.45, 2.75) is 38.1 Å². The van der Waals surface area contributed by atoms with Crippen molar-refractivity contribution in [3.8, 4) is 5.75 Å². The Bertz CT molecular complexity index is 482. The number of nitrogens with one attached hydrogen (secondary N) is 1. The van der Waals surface area contributed by atoms with E-state index < -0.39 is 0 Å². The highest BCUT2D eigenvalue weighted by Gasteiger charge is 2.34. The van der Waals surface area contributed by atoms with Gasteiger partial charge >= 0.3 is 0 Å². The number of rotatable bonds is 6. The zero-order valence-corrected chi connectivity index (χ0v) is 12.7. The van der Waals surface area contributed by atoms with E-state index in [0.717, 1.165) is 44.6 Å². The largest absolute Gasteiger partial charge is 0.494 e. The zero-order valence-electron chi connectivity index (χ0n) is 12.7. The van der Waals surface area contributed by atoms with Crippen molar-refractivity contribution in [1.82, 2.24) is 5.32 Å². The summed E-state index contributed by atoms with van der Waals surface area (Å²) in [6.07, 6.45) is 5.57. The number of hydrogen-bond donors (Lipinski definition) is 1. The summed E-state index contributed by atoms with van der Waals surface area (Å²) in [5.41, 5.74) is 1.25. The molecule has 2 aliphatic rings. The lowest BCUT2D eigenvalue weighted by Gasteiger charge is -2.38. The standard InChI is InChI=1S/C17H24FNO2/c1-20-16-5-2-13(10-15(16)18)11-17(6-8-21-9-7-17)12-19-14-3-4-14/h2,5,10,14,19H,3-4,6-9,11-12H2,1H3. The highest BCUT2D eigenvalue weighted by Crippen LogP contribution is 2.35. The third-order valence-electron chi connectivity index (χ3n) is 4.69. The predicted octanol–water partition coefficient (Wildman–Crippen LogP) is 2.93. The number of halogens is 1. The van der Waals surface area contributed by atoms with Crippen LogP contribution in [0.3, 0.4) is 0 Å². The van der Waals surface area contributed by atoms with Crippen LogP contribution in [-0.2, 0) is 11.2 Å². The Balaban J connectivity index is 1.71. The molecule has 1 saturated heterocycles. The van der Waals surface area contributed by atoms with Gasteiger partial charge in [0.1, 0.15) is 0 Å². The first-order valence-corrected chi connectivity index (χ1v) is 7.84. The molecule has 0 spiro atoms. The van der Waals surface area contributed by atoms with Crippen LogP contribution in [0.15, 0.2) is 18.2 Å². The van der Waals surface area contributed by atoms with Crippen molar-refractivity contribution in [3.63, 3.8) is 0 Å². The van der Waals surface area contributed by atoms with Gasteiger partial charge < -0.3 is 14.8 Å². The summed E-state index contributed by atoms with van der Waals surface area (Å²) in [6.45, 7) is 2.63. The van der Waals surface area contributed by atoms with Gasteiger partial charge in [-0.1, -0.05) is 6.07 Å². The molecule has 0 radical (unpaired) electrons. The summed E-state index contributed by atoms with van der Waals surface area (Å²) >= 11 is 0. The van der Waals surface area contributed by atoms with Gasteiger partial charge in [-0.3, -0.25) is 0 Å². The van der Waals surface area contributed by atoms with Gasteiger partial charge in [-0.15, -0.1) is 0 Å². The minimum absolute atomic E-state index is 0.196. The lowest BCUT2D eigenvalue weighted by atomic mass is 9.75. The molecule has 3 nitrogen and oxygen atoms in total. The van der Waals surface area contributed by atoms with Crippen LogP contribution in [0.4, 0.5) is 4.39 Å². The van der Waals surface area contributed by atoms with E-state index in [4.69, 9.17) is 9.47 Å². The van der Waals surface area contributed by atoms with Gasteiger partial charge in [0.15, 0.2) is 11.6 Å². The molecule has 2 fully saturated rings. The van der Waals surface area contributed by atoms with Gasteiger partial charge in [0.25, 0.3) is 0 Å². The Kier molecular flexibility index (Phi) is 4.45. The highest BCUT2D eigenvalue weighted by atomic mass is 19.1. The lowest BCUT2D eigenvalue weighted by molar-refractivity contribution is 0.0147. The Morgan fingerprint density at radius 2 is 2.10 bits per heavy atom. The first-order chi connectivity index (χ1) is 10.2. The molecule has 0 atom stereocenters. The summed E-state index contributed by atoms with van der Waals surface area (Å²) in [6, 6.07) is 6.03. The molecule has 0 aromatic heterocycles. The summed E-state index contributed by atoms with van der Waals surface area (Å²) in [7, 11) is 1.50. The molecule has 4 heteroatoms. The Morgan fingerprint density at radius 1 is 1.33 bits per heavy atom. The van der Waals surface area contributed by atoms with Crippen molar-refractivity contribution in [2.75, 3.05) is 26.9 Å². The van der Waals surface area contributed by atoms with E-state index in [-0.39, 0.29) is 11.2 Å². The van der Waals surface area contributed by atoms with Crippen LogP contribution in [0, 0.1) is 11.2 Å². The number of ether oxygens (including phenoxy) is 2. The van der Waals surface area contributed by atoms with Crippen molar-refractivity contribution < 1.29 is 13.9 Å². The molecule has 1 aromatic carbocycles. The van der Waals surface area contributed by atoms with Crippen molar-refractivity contribution in [3.05, 3.63) is 29.6 Å². The molecular weight excluding hydrogens is 269 g/mol. The second kappa shape index (κ2) is 6.32. The maximum atomic E-state index is 13.9. The molecule has 3 rings (SSSR count). The molecule has 116 valence electrons. The molecule has 1 N–H and O–H groups in total. The average Bonchev–Trinajstić information content (AvgIpc) is 3.31. The fraction of sp³-hybridized carbons (Fsp3) is 0.647. The molecule has 1 aliphatic carbocycles. The summed E-state index contributed by atoms with van der Waals surface area (Å²) < 4.78 is 24.4. The maximum Gasteiger partial charge on any atom is 0.165 e. The molecule has 1 saturated carbocycles. The molecule has 0 unspecified atom stereocenters. The molecule has 0 bridgehead atoms. The van der Waals surface area contributed by atoms with Crippen LogP contribution in [0.25, 0.3) is 0 Å². The van der Waals surface area contributed by atoms with Gasteiger partial charge in [0.2, 0.25) is 0 Å². The van der Waals surface area contributed by atoms with Crippen LogP contribution < -0.4 is 10.1 Å². The Labute approximate surface area is 125 Å². The van der Waals surface area contributed by atoms with E-state index in [0.29, 0.717) is 11.8 Å². The van der Waals surface area contributed by atoms with E-state index in [9.17, 15) is 4.39 Å². The average molecular weight is 293 g/mol. The second-order valence-corrected chi connectivity index (χ2v) is 6.41. The molecule has 1 aromatic rings. The van der Waals surface area contributed by atoms with Crippen molar-refractivity contribution in [1.29, 1.82) is 0 Å². The third kappa shape index (κ3) is 3.74. The van der Waals surface area contributed by atoms with Crippen LogP contribution >= 0.6 is 0 Å². The minimum atomic E-state index is -0.271. The second-order valence-electron chi connectivity index (χ2n) is 6.41.